The van der Waals surface area contributed by atoms with E-state index in [2.05, 4.69) is 6.92 Å². The maximum absolute atomic E-state index is 11.4. The van der Waals surface area contributed by atoms with Crippen LogP contribution in [0.25, 0.3) is 0 Å². The van der Waals surface area contributed by atoms with Crippen LogP contribution >= 0.6 is 11.8 Å². The first kappa shape index (κ1) is 13.6. The summed E-state index contributed by atoms with van der Waals surface area (Å²) in [5.74, 6) is 2.40. The zero-order chi connectivity index (χ0) is 11.8. The van der Waals surface area contributed by atoms with E-state index in [1.165, 1.54) is 0 Å². The van der Waals surface area contributed by atoms with Crippen LogP contribution in [0.4, 0.5) is 4.79 Å². The number of hydrogen-bond donors (Lipinski definition) is 1. The van der Waals surface area contributed by atoms with Gasteiger partial charge in [0.05, 0.1) is 13.2 Å². The first-order valence-corrected chi connectivity index (χ1v) is 7.03. The van der Waals surface area contributed by atoms with E-state index in [1.807, 2.05) is 0 Å². The molecule has 1 heterocycles. The van der Waals surface area contributed by atoms with Crippen molar-refractivity contribution in [2.45, 2.75) is 19.8 Å². The first-order valence-electron chi connectivity index (χ1n) is 5.88. The minimum atomic E-state index is -0.170. The highest BCUT2D eigenvalue weighted by atomic mass is 32.2. The summed E-state index contributed by atoms with van der Waals surface area (Å²) < 4.78 is 5.10. The monoisotopic (exact) mass is 247 g/mol. The SMILES string of the molecule is CCCCOC(=O)N1CC(CSCCO)C1. The molecule has 0 bridgehead atoms. The van der Waals surface area contributed by atoms with E-state index in [9.17, 15) is 4.79 Å². The average Bonchev–Trinajstić information content (AvgIpc) is 2.21. The van der Waals surface area contributed by atoms with Crippen LogP contribution in [-0.2, 0) is 4.74 Å². The smallest absolute Gasteiger partial charge is 0.409 e. The van der Waals surface area contributed by atoms with Gasteiger partial charge in [0, 0.05) is 24.8 Å². The summed E-state index contributed by atoms with van der Waals surface area (Å²) in [4.78, 5) is 13.2. The fraction of sp³-hybridized carbons (Fsp3) is 0.909. The van der Waals surface area contributed by atoms with E-state index >= 15 is 0 Å². The Bertz CT molecular complexity index is 207. The van der Waals surface area contributed by atoms with E-state index < -0.39 is 0 Å². The lowest BCUT2D eigenvalue weighted by atomic mass is 10.0. The molecule has 94 valence electrons. The second-order valence-corrected chi connectivity index (χ2v) is 5.19. The molecular weight excluding hydrogens is 226 g/mol. The number of carbonyl (C=O) groups is 1. The quantitative estimate of drug-likeness (QED) is 0.694. The van der Waals surface area contributed by atoms with Crippen LogP contribution in [0.1, 0.15) is 19.8 Å². The molecular formula is C11H21NO3S. The second kappa shape index (κ2) is 7.79. The third kappa shape index (κ3) is 4.61. The van der Waals surface area contributed by atoms with Crippen molar-refractivity contribution in [1.29, 1.82) is 0 Å². The molecule has 1 N–H and O–H groups in total. The van der Waals surface area contributed by atoms with Crippen molar-refractivity contribution in [3.05, 3.63) is 0 Å². The number of nitrogens with zero attached hydrogens (tertiary/aromatic N) is 1. The largest absolute Gasteiger partial charge is 0.449 e. The Morgan fingerprint density at radius 1 is 1.56 bits per heavy atom. The highest BCUT2D eigenvalue weighted by molar-refractivity contribution is 7.99. The fourth-order valence-electron chi connectivity index (χ4n) is 1.53. The number of aliphatic hydroxyl groups is 1. The number of carbonyl (C=O) groups excluding carboxylic acids is 1. The van der Waals surface area contributed by atoms with E-state index in [1.54, 1.807) is 16.7 Å². The van der Waals surface area contributed by atoms with Crippen molar-refractivity contribution in [3.8, 4) is 0 Å². The van der Waals surface area contributed by atoms with E-state index in [0.717, 1.165) is 37.4 Å². The second-order valence-electron chi connectivity index (χ2n) is 4.04. The van der Waals surface area contributed by atoms with Gasteiger partial charge in [-0.1, -0.05) is 13.3 Å². The molecule has 0 spiro atoms. The Balaban J connectivity index is 1.99. The van der Waals surface area contributed by atoms with Crippen molar-refractivity contribution in [2.24, 2.45) is 5.92 Å². The van der Waals surface area contributed by atoms with Crippen LogP contribution in [0.5, 0.6) is 0 Å². The summed E-state index contributed by atoms with van der Waals surface area (Å²) in [5, 5.41) is 8.63. The molecule has 0 aliphatic carbocycles. The van der Waals surface area contributed by atoms with Crippen molar-refractivity contribution < 1.29 is 14.6 Å². The van der Waals surface area contributed by atoms with Gasteiger partial charge in [0.2, 0.25) is 0 Å². The predicted molar refractivity (Wildman–Crippen MR) is 65.7 cm³/mol. The zero-order valence-corrected chi connectivity index (χ0v) is 10.7. The molecule has 1 amide bonds. The topological polar surface area (TPSA) is 49.8 Å². The molecule has 0 atom stereocenters. The van der Waals surface area contributed by atoms with E-state index in [0.29, 0.717) is 12.5 Å². The summed E-state index contributed by atoms with van der Waals surface area (Å²) in [7, 11) is 0. The molecule has 1 rings (SSSR count). The predicted octanol–water partition coefficient (Wildman–Crippen LogP) is 1.58. The van der Waals surface area contributed by atoms with E-state index in [4.69, 9.17) is 9.84 Å². The summed E-state index contributed by atoms with van der Waals surface area (Å²) in [5.41, 5.74) is 0. The maximum atomic E-state index is 11.4. The van der Waals surface area contributed by atoms with Gasteiger partial charge in [-0.2, -0.15) is 11.8 Å². The summed E-state index contributed by atoms with van der Waals surface area (Å²) in [6.07, 6.45) is 1.82. The van der Waals surface area contributed by atoms with Gasteiger partial charge in [-0.15, -0.1) is 0 Å². The average molecular weight is 247 g/mol. The Labute approximate surface area is 101 Å². The van der Waals surface area contributed by atoms with Crippen molar-refractivity contribution in [2.75, 3.05) is 37.8 Å². The van der Waals surface area contributed by atoms with Crippen molar-refractivity contribution in [3.63, 3.8) is 0 Å². The van der Waals surface area contributed by atoms with Gasteiger partial charge < -0.3 is 14.7 Å². The number of rotatable bonds is 7. The Morgan fingerprint density at radius 2 is 2.31 bits per heavy atom. The summed E-state index contributed by atoms with van der Waals surface area (Å²) >= 11 is 1.74. The zero-order valence-electron chi connectivity index (χ0n) is 9.85. The Kier molecular flexibility index (Phi) is 6.64. The van der Waals surface area contributed by atoms with Crippen LogP contribution in [0.3, 0.4) is 0 Å². The van der Waals surface area contributed by atoms with Crippen LogP contribution in [-0.4, -0.2) is 53.9 Å². The van der Waals surface area contributed by atoms with Crippen molar-refractivity contribution >= 4 is 17.9 Å². The number of ether oxygens (including phenoxy) is 1. The molecule has 0 aromatic rings. The fourth-order valence-corrected chi connectivity index (χ4v) is 2.37. The molecule has 0 saturated carbocycles. The lowest BCUT2D eigenvalue weighted by Gasteiger charge is -2.38. The van der Waals surface area contributed by atoms with Crippen LogP contribution in [0.15, 0.2) is 0 Å². The number of hydrogen-bond acceptors (Lipinski definition) is 4. The minimum Gasteiger partial charge on any atom is -0.449 e. The molecule has 0 unspecified atom stereocenters. The third-order valence-corrected chi connectivity index (χ3v) is 3.71. The van der Waals surface area contributed by atoms with Gasteiger partial charge in [0.15, 0.2) is 0 Å². The molecule has 1 aliphatic heterocycles. The molecule has 5 heteroatoms. The maximum Gasteiger partial charge on any atom is 0.409 e. The molecule has 4 nitrogen and oxygen atoms in total. The number of amides is 1. The molecule has 0 aromatic heterocycles. The van der Waals surface area contributed by atoms with Gasteiger partial charge in [-0.25, -0.2) is 4.79 Å². The minimum absolute atomic E-state index is 0.170. The molecule has 1 fully saturated rings. The number of unbranched alkanes of at least 4 members (excludes halogenated alkanes) is 1. The summed E-state index contributed by atoms with van der Waals surface area (Å²) in [6, 6.07) is 0. The molecule has 0 radical (unpaired) electrons. The highest BCUT2D eigenvalue weighted by Gasteiger charge is 2.31. The lowest BCUT2D eigenvalue weighted by Crippen LogP contribution is -2.51. The number of thioether (sulfide) groups is 1. The van der Waals surface area contributed by atoms with Gasteiger partial charge in [0.1, 0.15) is 0 Å². The third-order valence-electron chi connectivity index (χ3n) is 2.53. The Morgan fingerprint density at radius 3 is 2.94 bits per heavy atom. The number of likely N-dealkylation sites (tertiary alicyclic amines) is 1. The normalized spacial score (nSPS) is 16.0. The Hall–Kier alpha value is -0.420. The molecule has 0 aromatic carbocycles. The highest BCUT2D eigenvalue weighted by Crippen LogP contribution is 2.20. The van der Waals surface area contributed by atoms with Crippen LogP contribution < -0.4 is 0 Å². The van der Waals surface area contributed by atoms with E-state index in [-0.39, 0.29) is 12.7 Å². The lowest BCUT2D eigenvalue weighted by molar-refractivity contribution is 0.0592. The van der Waals surface area contributed by atoms with Crippen LogP contribution in [0.2, 0.25) is 0 Å². The van der Waals surface area contributed by atoms with Gasteiger partial charge >= 0.3 is 6.09 Å². The molecule has 1 saturated heterocycles. The van der Waals surface area contributed by atoms with Gasteiger partial charge in [-0.3, -0.25) is 0 Å². The molecule has 16 heavy (non-hydrogen) atoms. The van der Waals surface area contributed by atoms with Crippen molar-refractivity contribution in [1.82, 2.24) is 4.90 Å². The first-order chi connectivity index (χ1) is 7.77. The van der Waals surface area contributed by atoms with Crippen LogP contribution in [0, 0.1) is 5.92 Å². The van der Waals surface area contributed by atoms with Gasteiger partial charge in [-0.05, 0) is 12.2 Å². The van der Waals surface area contributed by atoms with Gasteiger partial charge in [0.25, 0.3) is 0 Å². The number of aliphatic hydroxyl groups excluding tert-OH is 1. The standard InChI is InChI=1S/C11H21NO3S/c1-2-3-5-15-11(14)12-7-10(8-12)9-16-6-4-13/h10,13H,2-9H2,1H3. The molecule has 1 aliphatic rings. The summed E-state index contributed by atoms with van der Waals surface area (Å²) in [6.45, 7) is 4.47.